The number of hydrogen-bond donors (Lipinski definition) is 1. The molecule has 0 bridgehead atoms. The van der Waals surface area contributed by atoms with Crippen molar-refractivity contribution in [2.24, 2.45) is 5.92 Å². The van der Waals surface area contributed by atoms with E-state index in [1.165, 1.54) is 0 Å². The average Bonchev–Trinajstić information content (AvgIpc) is 2.68. The van der Waals surface area contributed by atoms with Crippen LogP contribution in [0.1, 0.15) is 58.1 Å². The second kappa shape index (κ2) is 10.5. The van der Waals surface area contributed by atoms with Gasteiger partial charge in [0.15, 0.2) is 0 Å². The van der Waals surface area contributed by atoms with Crippen LogP contribution >= 0.6 is 0 Å². The van der Waals surface area contributed by atoms with Crippen molar-refractivity contribution in [3.8, 4) is 0 Å². The van der Waals surface area contributed by atoms with Crippen molar-refractivity contribution in [2.75, 3.05) is 12.8 Å². The Balaban J connectivity index is 1.90. The molecule has 9 heteroatoms. The summed E-state index contributed by atoms with van der Waals surface area (Å²) in [5, 5.41) is 0. The molecule has 2 atom stereocenters. The second-order valence-electron chi connectivity index (χ2n) is 8.98. The zero-order valence-electron chi connectivity index (χ0n) is 19.0. The number of amides is 1. The number of hydrogen-bond acceptors (Lipinski definition) is 6. The van der Waals surface area contributed by atoms with E-state index in [0.29, 0.717) is 19.4 Å². The molecule has 1 heterocycles. The van der Waals surface area contributed by atoms with Gasteiger partial charge in [-0.3, -0.25) is 4.79 Å². The van der Waals surface area contributed by atoms with E-state index in [-0.39, 0.29) is 37.2 Å². The zero-order valence-corrected chi connectivity index (χ0v) is 19.8. The average molecular weight is 455 g/mol. The number of esters is 1. The number of carbonyl (C=O) groups is 2. The number of carbonyl (C=O) groups excluding carboxylic acids is 2. The van der Waals surface area contributed by atoms with Crippen molar-refractivity contribution < 1.29 is 27.5 Å². The Hall–Kier alpha value is -2.13. The van der Waals surface area contributed by atoms with Gasteiger partial charge in [0.1, 0.15) is 12.2 Å². The maximum absolute atomic E-state index is 12.6. The van der Waals surface area contributed by atoms with Crippen molar-refractivity contribution in [2.45, 2.75) is 71.8 Å². The summed E-state index contributed by atoms with van der Waals surface area (Å²) in [6.45, 7) is 8.26. The standard InChI is InChI=1S/C22H34N2O6S/c1-6-19-13-18(10-11-24(19)21(26)30-22(2,3)4)20(25)29-15-17-9-7-8-16(12-17)14-23-31(5,27)28/h7-9,12,18-19,23H,6,10-11,13-15H2,1-5H3. The number of nitrogens with zero attached hydrogens (tertiary/aromatic N) is 1. The summed E-state index contributed by atoms with van der Waals surface area (Å²) in [7, 11) is -3.28. The highest BCUT2D eigenvalue weighted by atomic mass is 32.2. The van der Waals surface area contributed by atoms with E-state index in [0.717, 1.165) is 23.8 Å². The molecular formula is C22H34N2O6S. The molecule has 0 saturated carbocycles. The van der Waals surface area contributed by atoms with Crippen molar-refractivity contribution in [1.82, 2.24) is 9.62 Å². The Bertz CT molecular complexity index is 878. The molecule has 1 amide bonds. The second-order valence-corrected chi connectivity index (χ2v) is 10.8. The molecule has 1 N–H and O–H groups in total. The van der Waals surface area contributed by atoms with Gasteiger partial charge in [0.05, 0.1) is 12.2 Å². The first kappa shape index (κ1) is 25.1. The molecule has 0 aromatic heterocycles. The maximum Gasteiger partial charge on any atom is 0.410 e. The molecule has 0 spiro atoms. The third-order valence-corrected chi connectivity index (χ3v) is 5.73. The first-order valence-electron chi connectivity index (χ1n) is 10.6. The van der Waals surface area contributed by atoms with Gasteiger partial charge in [-0.05, 0) is 51.2 Å². The topological polar surface area (TPSA) is 102 Å². The van der Waals surface area contributed by atoms with E-state index in [1.807, 2.05) is 45.9 Å². The number of nitrogens with one attached hydrogen (secondary N) is 1. The van der Waals surface area contributed by atoms with Gasteiger partial charge in [0, 0.05) is 19.1 Å². The molecule has 174 valence electrons. The third-order valence-electron chi connectivity index (χ3n) is 5.06. The molecule has 1 aromatic carbocycles. The van der Waals surface area contributed by atoms with Crippen molar-refractivity contribution in [3.05, 3.63) is 35.4 Å². The summed E-state index contributed by atoms with van der Waals surface area (Å²) in [5.41, 5.74) is 1.02. The predicted octanol–water partition coefficient (Wildman–Crippen LogP) is 3.20. The van der Waals surface area contributed by atoms with E-state index >= 15 is 0 Å². The maximum atomic E-state index is 12.6. The zero-order chi connectivity index (χ0) is 23.2. The molecule has 1 aromatic rings. The Morgan fingerprint density at radius 3 is 2.52 bits per heavy atom. The van der Waals surface area contributed by atoms with E-state index < -0.39 is 15.6 Å². The van der Waals surface area contributed by atoms with Gasteiger partial charge < -0.3 is 14.4 Å². The van der Waals surface area contributed by atoms with Crippen molar-refractivity contribution in [1.29, 1.82) is 0 Å². The van der Waals surface area contributed by atoms with E-state index in [1.54, 1.807) is 11.0 Å². The van der Waals surface area contributed by atoms with Gasteiger partial charge in [-0.25, -0.2) is 17.9 Å². The lowest BCUT2D eigenvalue weighted by molar-refractivity contribution is -0.152. The highest BCUT2D eigenvalue weighted by Gasteiger charge is 2.36. The Labute approximate surface area is 185 Å². The molecule has 2 unspecified atom stereocenters. The molecule has 0 radical (unpaired) electrons. The Morgan fingerprint density at radius 2 is 1.90 bits per heavy atom. The fourth-order valence-corrected chi connectivity index (χ4v) is 3.96. The quantitative estimate of drug-likeness (QED) is 0.635. The Morgan fingerprint density at radius 1 is 1.23 bits per heavy atom. The molecule has 2 rings (SSSR count). The SMILES string of the molecule is CCC1CC(C(=O)OCc2cccc(CNS(C)(=O)=O)c2)CCN1C(=O)OC(C)(C)C. The van der Waals surface area contributed by atoms with Crippen LogP contribution in [-0.4, -0.2) is 49.8 Å². The molecule has 1 aliphatic rings. The van der Waals surface area contributed by atoms with Crippen molar-refractivity contribution in [3.63, 3.8) is 0 Å². The minimum absolute atomic E-state index is 0.0634. The summed E-state index contributed by atoms with van der Waals surface area (Å²) in [4.78, 5) is 26.8. The van der Waals surface area contributed by atoms with Gasteiger partial charge in [0.2, 0.25) is 10.0 Å². The minimum Gasteiger partial charge on any atom is -0.461 e. The molecule has 31 heavy (non-hydrogen) atoms. The number of benzene rings is 1. The summed E-state index contributed by atoms with van der Waals surface area (Å²) in [6, 6.07) is 7.19. The summed E-state index contributed by atoms with van der Waals surface area (Å²) >= 11 is 0. The van der Waals surface area contributed by atoms with E-state index in [9.17, 15) is 18.0 Å². The summed E-state index contributed by atoms with van der Waals surface area (Å²) in [5.74, 6) is -0.541. The molecular weight excluding hydrogens is 420 g/mol. The normalized spacial score (nSPS) is 19.7. The van der Waals surface area contributed by atoms with Crippen LogP contribution in [0.2, 0.25) is 0 Å². The van der Waals surface area contributed by atoms with Crippen LogP contribution in [-0.2, 0) is 37.4 Å². The van der Waals surface area contributed by atoms with Crippen LogP contribution in [0.5, 0.6) is 0 Å². The lowest BCUT2D eigenvalue weighted by Crippen LogP contribution is -2.49. The van der Waals surface area contributed by atoms with Crippen molar-refractivity contribution >= 4 is 22.1 Å². The van der Waals surface area contributed by atoms with Crippen LogP contribution < -0.4 is 4.72 Å². The van der Waals surface area contributed by atoms with E-state index in [4.69, 9.17) is 9.47 Å². The highest BCUT2D eigenvalue weighted by Crippen LogP contribution is 2.28. The molecule has 8 nitrogen and oxygen atoms in total. The smallest absolute Gasteiger partial charge is 0.410 e. The number of rotatable bonds is 7. The van der Waals surface area contributed by atoms with E-state index in [2.05, 4.69) is 4.72 Å². The largest absolute Gasteiger partial charge is 0.461 e. The lowest BCUT2D eigenvalue weighted by Gasteiger charge is -2.38. The molecule has 1 aliphatic heterocycles. The summed E-state index contributed by atoms with van der Waals surface area (Å²) in [6.07, 6.45) is 2.58. The fraction of sp³-hybridized carbons (Fsp3) is 0.636. The van der Waals surface area contributed by atoms with Gasteiger partial charge in [-0.15, -0.1) is 0 Å². The van der Waals surface area contributed by atoms with Crippen LogP contribution in [0.25, 0.3) is 0 Å². The van der Waals surface area contributed by atoms with Gasteiger partial charge in [-0.1, -0.05) is 31.2 Å². The highest BCUT2D eigenvalue weighted by molar-refractivity contribution is 7.88. The number of piperidine rings is 1. The number of sulfonamides is 1. The monoisotopic (exact) mass is 454 g/mol. The minimum atomic E-state index is -3.28. The molecule has 0 aliphatic carbocycles. The Kier molecular flexibility index (Phi) is 8.48. The predicted molar refractivity (Wildman–Crippen MR) is 118 cm³/mol. The molecule has 1 saturated heterocycles. The number of likely N-dealkylation sites (tertiary alicyclic amines) is 1. The van der Waals surface area contributed by atoms with Gasteiger partial charge in [-0.2, -0.15) is 0 Å². The van der Waals surface area contributed by atoms with Crippen LogP contribution in [0.3, 0.4) is 0 Å². The summed E-state index contributed by atoms with van der Waals surface area (Å²) < 4.78 is 36.0. The fourth-order valence-electron chi connectivity index (χ4n) is 3.53. The van der Waals surface area contributed by atoms with Crippen LogP contribution in [0, 0.1) is 5.92 Å². The molecule has 1 fully saturated rings. The first-order chi connectivity index (χ1) is 14.4. The number of ether oxygens (including phenoxy) is 2. The first-order valence-corrected chi connectivity index (χ1v) is 12.5. The van der Waals surface area contributed by atoms with Crippen LogP contribution in [0.15, 0.2) is 24.3 Å². The third kappa shape index (κ3) is 8.49. The van der Waals surface area contributed by atoms with Crippen LogP contribution in [0.4, 0.5) is 4.79 Å². The van der Waals surface area contributed by atoms with Gasteiger partial charge in [0.25, 0.3) is 0 Å². The lowest BCUT2D eigenvalue weighted by atomic mass is 9.90. The van der Waals surface area contributed by atoms with Gasteiger partial charge >= 0.3 is 12.1 Å².